The maximum Gasteiger partial charge on any atom is 0.244 e. The van der Waals surface area contributed by atoms with Crippen molar-refractivity contribution in [3.8, 4) is 17.5 Å². The van der Waals surface area contributed by atoms with Gasteiger partial charge in [0.1, 0.15) is 18.7 Å². The highest BCUT2D eigenvalue weighted by Crippen LogP contribution is 2.27. The lowest BCUT2D eigenvalue weighted by molar-refractivity contribution is 0.281. The molecule has 0 aliphatic rings. The molecule has 0 saturated heterocycles. The Morgan fingerprint density at radius 1 is 1.14 bits per heavy atom. The number of aromatic nitrogens is 2. The van der Waals surface area contributed by atoms with E-state index in [1.165, 1.54) is 6.33 Å². The first kappa shape index (κ1) is 14.9. The van der Waals surface area contributed by atoms with Crippen LogP contribution in [0.5, 0.6) is 17.5 Å². The Morgan fingerprint density at radius 2 is 1.90 bits per heavy atom. The molecule has 0 aliphatic carbocycles. The van der Waals surface area contributed by atoms with Crippen LogP contribution in [0, 0.1) is 0 Å². The van der Waals surface area contributed by atoms with Crippen molar-refractivity contribution in [1.82, 2.24) is 9.97 Å². The van der Waals surface area contributed by atoms with E-state index in [1.807, 2.05) is 31.2 Å². The van der Waals surface area contributed by atoms with Crippen molar-refractivity contribution in [3.63, 3.8) is 0 Å². The first-order valence-corrected chi connectivity index (χ1v) is 6.73. The summed E-state index contributed by atoms with van der Waals surface area (Å²) < 4.78 is 16.2. The quantitative estimate of drug-likeness (QED) is 0.843. The van der Waals surface area contributed by atoms with Gasteiger partial charge in [0.05, 0.1) is 13.7 Å². The van der Waals surface area contributed by atoms with Gasteiger partial charge in [0.2, 0.25) is 11.8 Å². The molecule has 0 bridgehead atoms. The van der Waals surface area contributed by atoms with Crippen molar-refractivity contribution in [2.45, 2.75) is 20.0 Å². The summed E-state index contributed by atoms with van der Waals surface area (Å²) in [4.78, 5) is 8.04. The van der Waals surface area contributed by atoms with E-state index in [-0.39, 0.29) is 0 Å². The van der Waals surface area contributed by atoms with Crippen LogP contribution in [0.25, 0.3) is 0 Å². The summed E-state index contributed by atoms with van der Waals surface area (Å²) in [5.74, 6) is 1.45. The van der Waals surface area contributed by atoms with Gasteiger partial charge in [-0.15, -0.1) is 0 Å². The van der Waals surface area contributed by atoms with Crippen LogP contribution in [-0.2, 0) is 6.61 Å². The molecular formula is C15H19N3O3. The molecule has 0 fully saturated rings. The van der Waals surface area contributed by atoms with E-state index >= 15 is 0 Å². The minimum atomic E-state index is 0.314. The van der Waals surface area contributed by atoms with Gasteiger partial charge >= 0.3 is 0 Å². The van der Waals surface area contributed by atoms with Gasteiger partial charge in [0, 0.05) is 0 Å². The standard InChI is InChI=1S/C15H19N3O3/c1-3-7-20-14-13(16)15(18-10-17-14)21-9-11-5-4-6-12(8-11)19-2/h4-6,8,10H,3,7,9,16H2,1-2H3. The van der Waals surface area contributed by atoms with Crippen molar-refractivity contribution < 1.29 is 14.2 Å². The summed E-state index contributed by atoms with van der Waals surface area (Å²) >= 11 is 0. The van der Waals surface area contributed by atoms with Crippen molar-refractivity contribution in [2.75, 3.05) is 19.5 Å². The third-order valence-corrected chi connectivity index (χ3v) is 2.76. The summed E-state index contributed by atoms with van der Waals surface area (Å²) in [6.07, 6.45) is 2.26. The SMILES string of the molecule is CCCOc1ncnc(OCc2cccc(OC)c2)c1N. The summed E-state index contributed by atoms with van der Waals surface area (Å²) in [7, 11) is 1.62. The molecule has 1 heterocycles. The van der Waals surface area contributed by atoms with Gasteiger partial charge in [0.15, 0.2) is 5.69 Å². The van der Waals surface area contributed by atoms with Crippen LogP contribution < -0.4 is 19.9 Å². The summed E-state index contributed by atoms with van der Waals surface area (Å²) in [5.41, 5.74) is 7.22. The zero-order chi connectivity index (χ0) is 15.1. The lowest BCUT2D eigenvalue weighted by atomic mass is 10.2. The third kappa shape index (κ3) is 3.98. The summed E-state index contributed by atoms with van der Waals surface area (Å²) in [5, 5.41) is 0. The van der Waals surface area contributed by atoms with Crippen molar-refractivity contribution >= 4 is 5.69 Å². The molecule has 0 unspecified atom stereocenters. The average Bonchev–Trinajstić information content (AvgIpc) is 2.53. The molecule has 0 saturated carbocycles. The minimum Gasteiger partial charge on any atom is -0.497 e. The number of hydrogen-bond donors (Lipinski definition) is 1. The Morgan fingerprint density at radius 3 is 2.62 bits per heavy atom. The molecule has 2 N–H and O–H groups in total. The van der Waals surface area contributed by atoms with E-state index in [0.29, 0.717) is 30.7 Å². The van der Waals surface area contributed by atoms with Crippen LogP contribution in [0.3, 0.4) is 0 Å². The van der Waals surface area contributed by atoms with Gasteiger partial charge < -0.3 is 19.9 Å². The molecule has 1 aromatic heterocycles. The van der Waals surface area contributed by atoms with E-state index in [4.69, 9.17) is 19.9 Å². The van der Waals surface area contributed by atoms with Crippen LogP contribution in [0.4, 0.5) is 5.69 Å². The molecular weight excluding hydrogens is 270 g/mol. The Kier molecular flexibility index (Phi) is 5.20. The van der Waals surface area contributed by atoms with Crippen molar-refractivity contribution in [2.24, 2.45) is 0 Å². The minimum absolute atomic E-state index is 0.314. The molecule has 6 nitrogen and oxygen atoms in total. The number of anilines is 1. The van der Waals surface area contributed by atoms with E-state index < -0.39 is 0 Å². The molecule has 0 radical (unpaired) electrons. The normalized spacial score (nSPS) is 10.2. The molecule has 0 spiro atoms. The topological polar surface area (TPSA) is 79.5 Å². The van der Waals surface area contributed by atoms with Crippen LogP contribution >= 0.6 is 0 Å². The first-order chi connectivity index (χ1) is 10.2. The third-order valence-electron chi connectivity index (χ3n) is 2.76. The van der Waals surface area contributed by atoms with Crippen LogP contribution in [0.15, 0.2) is 30.6 Å². The zero-order valence-corrected chi connectivity index (χ0v) is 12.2. The fourth-order valence-corrected chi connectivity index (χ4v) is 1.71. The number of nitrogens with zero attached hydrogens (tertiary/aromatic N) is 2. The Labute approximate surface area is 123 Å². The monoisotopic (exact) mass is 289 g/mol. The van der Waals surface area contributed by atoms with Gasteiger partial charge in [-0.3, -0.25) is 0 Å². The molecule has 112 valence electrons. The number of benzene rings is 1. The van der Waals surface area contributed by atoms with Crippen molar-refractivity contribution in [1.29, 1.82) is 0 Å². The Hall–Kier alpha value is -2.50. The van der Waals surface area contributed by atoms with E-state index in [9.17, 15) is 0 Å². The highest BCUT2D eigenvalue weighted by molar-refractivity contribution is 5.55. The van der Waals surface area contributed by atoms with Gasteiger partial charge in [-0.25, -0.2) is 0 Å². The number of hydrogen-bond acceptors (Lipinski definition) is 6. The van der Waals surface area contributed by atoms with Gasteiger partial charge in [-0.1, -0.05) is 19.1 Å². The lowest BCUT2D eigenvalue weighted by Gasteiger charge is -2.11. The number of nitrogen functional groups attached to an aromatic ring is 1. The first-order valence-electron chi connectivity index (χ1n) is 6.73. The fraction of sp³-hybridized carbons (Fsp3) is 0.333. The van der Waals surface area contributed by atoms with Gasteiger partial charge in [-0.05, 0) is 24.1 Å². The molecule has 0 aliphatic heterocycles. The fourth-order valence-electron chi connectivity index (χ4n) is 1.71. The highest BCUT2D eigenvalue weighted by atomic mass is 16.5. The number of methoxy groups -OCH3 is 1. The molecule has 2 aromatic rings. The predicted octanol–water partition coefficient (Wildman–Crippen LogP) is 2.44. The molecule has 0 atom stereocenters. The van der Waals surface area contributed by atoms with Gasteiger partial charge in [0.25, 0.3) is 0 Å². The second kappa shape index (κ2) is 7.33. The molecule has 6 heteroatoms. The highest BCUT2D eigenvalue weighted by Gasteiger charge is 2.10. The molecule has 0 amide bonds. The second-order valence-electron chi connectivity index (χ2n) is 4.39. The Balaban J connectivity index is 2.05. The zero-order valence-electron chi connectivity index (χ0n) is 12.2. The smallest absolute Gasteiger partial charge is 0.244 e. The summed E-state index contributed by atoms with van der Waals surface area (Å²) in [6, 6.07) is 7.61. The average molecular weight is 289 g/mol. The number of rotatable bonds is 7. The largest absolute Gasteiger partial charge is 0.497 e. The maximum atomic E-state index is 5.94. The molecule has 1 aromatic carbocycles. The van der Waals surface area contributed by atoms with E-state index in [0.717, 1.165) is 17.7 Å². The molecule has 21 heavy (non-hydrogen) atoms. The number of ether oxygens (including phenoxy) is 3. The lowest BCUT2D eigenvalue weighted by Crippen LogP contribution is -2.06. The second-order valence-corrected chi connectivity index (χ2v) is 4.39. The predicted molar refractivity (Wildman–Crippen MR) is 79.6 cm³/mol. The van der Waals surface area contributed by atoms with E-state index in [2.05, 4.69) is 9.97 Å². The van der Waals surface area contributed by atoms with Crippen LogP contribution in [0.1, 0.15) is 18.9 Å². The Bertz CT molecular complexity index is 590. The van der Waals surface area contributed by atoms with E-state index in [1.54, 1.807) is 7.11 Å². The van der Waals surface area contributed by atoms with Crippen molar-refractivity contribution in [3.05, 3.63) is 36.2 Å². The number of nitrogens with two attached hydrogens (primary N) is 1. The van der Waals surface area contributed by atoms with Crippen LogP contribution in [0.2, 0.25) is 0 Å². The molecule has 2 rings (SSSR count). The van der Waals surface area contributed by atoms with Crippen LogP contribution in [-0.4, -0.2) is 23.7 Å². The van der Waals surface area contributed by atoms with Gasteiger partial charge in [-0.2, -0.15) is 9.97 Å². The maximum absolute atomic E-state index is 5.94. The summed E-state index contributed by atoms with van der Waals surface area (Å²) in [6.45, 7) is 2.90.